The molecular weight excluding hydrogens is 580 g/mol. The zero-order valence-electron chi connectivity index (χ0n) is 26.3. The third-order valence-corrected chi connectivity index (χ3v) is 11.1. The van der Waals surface area contributed by atoms with E-state index in [1.165, 1.54) is 43.8 Å². The SMILES string of the molecule is COc1ccc(C2CCCCC2)c2c1cc1n2CC2=C(C(=O)NS(=O)(=O)N(C)C)C2=C2C=CC[C@@H](N(C(=O)O)C(C)(C)C)[C@H]21. The summed E-state index contributed by atoms with van der Waals surface area (Å²) in [5, 5.41) is 11.5. The van der Waals surface area contributed by atoms with Crippen molar-refractivity contribution >= 4 is 33.1 Å². The predicted octanol–water partition coefficient (Wildman–Crippen LogP) is 5.43. The summed E-state index contributed by atoms with van der Waals surface area (Å²) >= 11 is 0. The van der Waals surface area contributed by atoms with E-state index in [-0.39, 0.29) is 5.92 Å². The summed E-state index contributed by atoms with van der Waals surface area (Å²) in [6.45, 7) is 6.08. The van der Waals surface area contributed by atoms with Gasteiger partial charge in [-0.1, -0.05) is 37.5 Å². The van der Waals surface area contributed by atoms with Gasteiger partial charge in [0, 0.05) is 43.2 Å². The lowest BCUT2D eigenvalue weighted by Gasteiger charge is -2.44. The highest BCUT2D eigenvalue weighted by molar-refractivity contribution is 7.87. The molecule has 10 nitrogen and oxygen atoms in total. The van der Waals surface area contributed by atoms with E-state index in [2.05, 4.69) is 21.4 Å². The smallest absolute Gasteiger partial charge is 0.408 e. The molecule has 1 aliphatic heterocycles. The molecule has 6 rings (SSSR count). The van der Waals surface area contributed by atoms with Crippen LogP contribution >= 0.6 is 0 Å². The standard InChI is InChI=1S/C33H42N4O6S/c1-33(2,3)37(32(39)40)24-14-10-13-21-27-23(29(27)31(38)34-44(41,42)35(4)5)18-36-25(28(21)24)17-22-26(43-6)16-15-20(30(22)36)19-11-8-7-9-12-19/h10,13,15-17,19,24,28H,7-9,11-12,14,18H2,1-6H3,(H,34,38)(H,39,40)/t24-,28+/m1/s1. The van der Waals surface area contributed by atoms with Crippen LogP contribution in [0.4, 0.5) is 4.79 Å². The summed E-state index contributed by atoms with van der Waals surface area (Å²) in [5.74, 6) is 0.0930. The number of nitrogens with one attached hydrogen (secondary N) is 1. The van der Waals surface area contributed by atoms with Crippen LogP contribution in [0, 0.1) is 0 Å². The van der Waals surface area contributed by atoms with E-state index < -0.39 is 33.8 Å². The first kappa shape index (κ1) is 30.5. The van der Waals surface area contributed by atoms with E-state index in [9.17, 15) is 23.1 Å². The number of ether oxygens (including phenoxy) is 1. The molecule has 11 heteroatoms. The minimum absolute atomic E-state index is 0.368. The number of hydrogen-bond donors (Lipinski definition) is 2. The molecule has 2 N–H and O–H groups in total. The van der Waals surface area contributed by atoms with Crippen LogP contribution in [0.3, 0.4) is 0 Å². The van der Waals surface area contributed by atoms with E-state index in [0.717, 1.165) is 56.2 Å². The number of hydrogen-bond acceptors (Lipinski definition) is 5. The molecule has 0 radical (unpaired) electrons. The molecule has 1 aromatic carbocycles. The van der Waals surface area contributed by atoms with Crippen molar-refractivity contribution in [3.8, 4) is 5.75 Å². The monoisotopic (exact) mass is 622 g/mol. The van der Waals surface area contributed by atoms with E-state index in [1.54, 1.807) is 7.11 Å². The second kappa shape index (κ2) is 10.8. The molecule has 2 atom stereocenters. The Labute approximate surface area is 259 Å². The van der Waals surface area contributed by atoms with Crippen molar-refractivity contribution in [2.24, 2.45) is 0 Å². The normalized spacial score (nSPS) is 22.0. The predicted molar refractivity (Wildman–Crippen MR) is 169 cm³/mol. The van der Waals surface area contributed by atoms with Gasteiger partial charge >= 0.3 is 16.3 Å². The minimum atomic E-state index is -4.00. The molecule has 0 bridgehead atoms. The summed E-state index contributed by atoms with van der Waals surface area (Å²) in [7, 11) is 0.402. The summed E-state index contributed by atoms with van der Waals surface area (Å²) in [5.41, 5.74) is 5.33. The number of carbonyl (C=O) groups is 2. The highest BCUT2D eigenvalue weighted by Crippen LogP contribution is 2.55. The third kappa shape index (κ3) is 4.94. The molecular formula is C33H42N4O6S. The lowest BCUT2D eigenvalue weighted by Crippen LogP contribution is -2.54. The fraction of sp³-hybridized carbons (Fsp3) is 0.515. The van der Waals surface area contributed by atoms with Gasteiger partial charge in [0.05, 0.1) is 24.2 Å². The van der Waals surface area contributed by atoms with Gasteiger partial charge in [0.2, 0.25) is 0 Å². The Morgan fingerprint density at radius 2 is 1.82 bits per heavy atom. The van der Waals surface area contributed by atoms with Gasteiger partial charge in [-0.2, -0.15) is 12.7 Å². The van der Waals surface area contributed by atoms with Crippen LogP contribution in [0.1, 0.15) is 82.4 Å². The number of rotatable bonds is 6. The average Bonchev–Trinajstić information content (AvgIpc) is 3.58. The fourth-order valence-corrected chi connectivity index (χ4v) is 8.20. The first-order valence-corrected chi connectivity index (χ1v) is 16.8. The molecule has 0 spiro atoms. The minimum Gasteiger partial charge on any atom is -0.496 e. The van der Waals surface area contributed by atoms with Crippen LogP contribution < -0.4 is 9.46 Å². The zero-order chi connectivity index (χ0) is 31.7. The van der Waals surface area contributed by atoms with Crippen molar-refractivity contribution in [2.75, 3.05) is 21.2 Å². The quantitative estimate of drug-likeness (QED) is 0.443. The summed E-state index contributed by atoms with van der Waals surface area (Å²) < 4.78 is 36.6. The molecule has 2 amide bonds. The summed E-state index contributed by atoms with van der Waals surface area (Å²) in [6.07, 6.45) is 9.24. The molecule has 2 aromatic rings. The van der Waals surface area contributed by atoms with Crippen LogP contribution in [-0.4, -0.2) is 72.1 Å². The Kier molecular flexibility index (Phi) is 7.48. The molecule has 1 fully saturated rings. The third-order valence-electron chi connectivity index (χ3n) is 9.65. The number of amides is 2. The second-order valence-electron chi connectivity index (χ2n) is 13.5. The number of methoxy groups -OCH3 is 1. The van der Waals surface area contributed by atoms with Crippen molar-refractivity contribution in [1.82, 2.24) is 18.5 Å². The van der Waals surface area contributed by atoms with Gasteiger partial charge in [0.25, 0.3) is 5.91 Å². The lowest BCUT2D eigenvalue weighted by atomic mass is 9.79. The van der Waals surface area contributed by atoms with E-state index >= 15 is 0 Å². The Morgan fingerprint density at radius 1 is 1.11 bits per heavy atom. The topological polar surface area (TPSA) is 121 Å². The summed E-state index contributed by atoms with van der Waals surface area (Å²) in [6, 6.07) is 5.91. The van der Waals surface area contributed by atoms with Gasteiger partial charge in [-0.3, -0.25) is 9.69 Å². The number of carbonyl (C=O) groups excluding carboxylic acids is 1. The van der Waals surface area contributed by atoms with Gasteiger partial charge in [-0.25, -0.2) is 9.52 Å². The molecule has 2 heterocycles. The zero-order valence-corrected chi connectivity index (χ0v) is 27.1. The molecule has 1 saturated carbocycles. The Bertz CT molecular complexity index is 1750. The average molecular weight is 623 g/mol. The Balaban J connectivity index is 1.60. The highest BCUT2D eigenvalue weighted by atomic mass is 32.2. The lowest BCUT2D eigenvalue weighted by molar-refractivity contribution is -0.115. The van der Waals surface area contributed by atoms with E-state index in [1.807, 2.05) is 39.0 Å². The van der Waals surface area contributed by atoms with Crippen molar-refractivity contribution < 1.29 is 27.9 Å². The van der Waals surface area contributed by atoms with Crippen LogP contribution in [-0.2, 0) is 21.5 Å². The number of allylic oxidation sites excluding steroid dienone is 2. The van der Waals surface area contributed by atoms with Gasteiger partial charge in [0.1, 0.15) is 5.75 Å². The molecule has 1 aromatic heterocycles. The Hall–Kier alpha value is -3.57. The molecule has 3 aliphatic carbocycles. The maximum absolute atomic E-state index is 13.5. The van der Waals surface area contributed by atoms with Gasteiger partial charge in [-0.05, 0) is 80.4 Å². The molecule has 4 aliphatic rings. The number of nitrogens with zero attached hydrogens (tertiary/aromatic N) is 3. The van der Waals surface area contributed by atoms with Crippen LogP contribution in [0.5, 0.6) is 5.75 Å². The van der Waals surface area contributed by atoms with Gasteiger partial charge in [0.15, 0.2) is 0 Å². The number of aromatic nitrogens is 1. The van der Waals surface area contributed by atoms with Gasteiger partial charge < -0.3 is 14.4 Å². The number of fused-ring (bicyclic) bond motifs is 6. The first-order chi connectivity index (χ1) is 20.8. The second-order valence-corrected chi connectivity index (χ2v) is 15.4. The maximum atomic E-state index is 13.5. The van der Waals surface area contributed by atoms with Crippen LogP contribution in [0.25, 0.3) is 10.9 Å². The van der Waals surface area contributed by atoms with Crippen LogP contribution in [0.2, 0.25) is 0 Å². The van der Waals surface area contributed by atoms with Gasteiger partial charge in [-0.15, -0.1) is 0 Å². The molecule has 236 valence electrons. The molecule has 44 heavy (non-hydrogen) atoms. The van der Waals surface area contributed by atoms with E-state index in [4.69, 9.17) is 4.74 Å². The summed E-state index contributed by atoms with van der Waals surface area (Å²) in [4.78, 5) is 27.9. The highest BCUT2D eigenvalue weighted by Gasteiger charge is 2.49. The van der Waals surface area contributed by atoms with E-state index in [0.29, 0.717) is 24.5 Å². The van der Waals surface area contributed by atoms with Crippen molar-refractivity contribution in [2.45, 2.75) is 89.3 Å². The van der Waals surface area contributed by atoms with Crippen LogP contribution in [0.15, 0.2) is 52.6 Å². The fourth-order valence-electron chi connectivity index (χ4n) is 7.68. The molecule has 0 unspecified atom stereocenters. The number of benzene rings is 1. The Morgan fingerprint density at radius 3 is 2.43 bits per heavy atom. The first-order valence-electron chi connectivity index (χ1n) is 15.4. The van der Waals surface area contributed by atoms with Crippen molar-refractivity contribution in [3.63, 3.8) is 0 Å². The largest absolute Gasteiger partial charge is 0.496 e. The molecule has 0 saturated heterocycles. The number of carboxylic acid groups (broad SMARTS) is 1. The maximum Gasteiger partial charge on any atom is 0.408 e. The van der Waals surface area contributed by atoms with Crippen molar-refractivity contribution in [1.29, 1.82) is 0 Å². The van der Waals surface area contributed by atoms with Crippen molar-refractivity contribution in [3.05, 3.63) is 63.9 Å².